The molecule has 2 heterocycles. The summed E-state index contributed by atoms with van der Waals surface area (Å²) in [6.07, 6.45) is 2.91. The molecule has 1 aliphatic rings. The van der Waals surface area contributed by atoms with Crippen LogP contribution in [0.5, 0.6) is 5.88 Å². The molecule has 0 aliphatic carbocycles. The quantitative estimate of drug-likeness (QED) is 0.430. The first kappa shape index (κ1) is 19.6. The number of pyridine rings is 1. The van der Waals surface area contributed by atoms with Gasteiger partial charge in [-0.15, -0.1) is 0 Å². The van der Waals surface area contributed by atoms with Crippen molar-refractivity contribution >= 4 is 17.7 Å². The van der Waals surface area contributed by atoms with Crippen LogP contribution < -0.4 is 15.1 Å². The summed E-state index contributed by atoms with van der Waals surface area (Å²) in [4.78, 5) is 6.73. The van der Waals surface area contributed by atoms with E-state index in [1.807, 2.05) is 37.3 Å². The van der Waals surface area contributed by atoms with Crippen LogP contribution in [-0.4, -0.2) is 44.1 Å². The van der Waals surface area contributed by atoms with Gasteiger partial charge in [0.25, 0.3) is 0 Å². The highest BCUT2D eigenvalue weighted by molar-refractivity contribution is 5.80. The molecule has 146 valence electrons. The van der Waals surface area contributed by atoms with Crippen LogP contribution in [0.15, 0.2) is 41.5 Å². The van der Waals surface area contributed by atoms with Crippen molar-refractivity contribution in [3.05, 3.63) is 47.5 Å². The molecule has 3 rings (SSSR count). The Hall–Kier alpha value is -3.11. The zero-order valence-corrected chi connectivity index (χ0v) is 16.1. The summed E-state index contributed by atoms with van der Waals surface area (Å²) in [7, 11) is 0. The number of anilines is 2. The highest BCUT2D eigenvalue weighted by Crippen LogP contribution is 2.25. The first-order valence-corrected chi connectivity index (χ1v) is 9.45. The minimum Gasteiger partial charge on any atom is -0.478 e. The summed E-state index contributed by atoms with van der Waals surface area (Å²) >= 11 is 0. The summed E-state index contributed by atoms with van der Waals surface area (Å²) in [5.41, 5.74) is 6.22. The number of hydrogen-bond acceptors (Lipinski definition) is 7. The van der Waals surface area contributed by atoms with E-state index in [0.717, 1.165) is 24.3 Å². The van der Waals surface area contributed by atoms with Crippen LogP contribution in [0.25, 0.3) is 0 Å². The summed E-state index contributed by atoms with van der Waals surface area (Å²) in [6.45, 7) is 5.56. The Kier molecular flexibility index (Phi) is 7.21. The molecule has 0 saturated carbocycles. The molecule has 2 aromatic rings. The number of morpholine rings is 1. The molecule has 1 aromatic carbocycles. The number of nitriles is 1. The normalized spacial score (nSPS) is 14.1. The third-order valence-corrected chi connectivity index (χ3v) is 4.28. The molecule has 1 aliphatic heterocycles. The van der Waals surface area contributed by atoms with Crippen LogP contribution >= 0.6 is 0 Å². The number of unbranched alkanes of at least 4 members (excludes halogenated alkanes) is 1. The van der Waals surface area contributed by atoms with Gasteiger partial charge in [0.1, 0.15) is 0 Å². The summed E-state index contributed by atoms with van der Waals surface area (Å²) < 4.78 is 11.2. The lowest BCUT2D eigenvalue weighted by Crippen LogP contribution is -2.36. The molecule has 1 N–H and O–H groups in total. The average Bonchev–Trinajstić information content (AvgIpc) is 2.72. The maximum atomic E-state index is 8.66. The molecule has 7 nitrogen and oxygen atoms in total. The molecular formula is C21H25N5O2. The molecule has 0 atom stereocenters. The number of aromatic nitrogens is 1. The largest absolute Gasteiger partial charge is 0.478 e. The lowest BCUT2D eigenvalue weighted by atomic mass is 10.2. The van der Waals surface area contributed by atoms with Crippen LogP contribution in [-0.2, 0) is 4.74 Å². The summed E-state index contributed by atoms with van der Waals surface area (Å²) in [6, 6.07) is 14.1. The second kappa shape index (κ2) is 10.3. The molecule has 7 heteroatoms. The zero-order chi connectivity index (χ0) is 19.6. The summed E-state index contributed by atoms with van der Waals surface area (Å²) in [5.74, 6) is 1.14. The first-order valence-electron chi connectivity index (χ1n) is 9.45. The van der Waals surface area contributed by atoms with Crippen LogP contribution in [0, 0.1) is 18.3 Å². The van der Waals surface area contributed by atoms with Crippen molar-refractivity contribution in [3.8, 4) is 11.9 Å². The van der Waals surface area contributed by atoms with E-state index in [0.29, 0.717) is 44.4 Å². The Morgan fingerprint density at radius 3 is 2.96 bits per heavy atom. The Bertz CT molecular complexity index is 841. The van der Waals surface area contributed by atoms with E-state index in [4.69, 9.17) is 14.7 Å². The van der Waals surface area contributed by atoms with E-state index >= 15 is 0 Å². The topological polar surface area (TPSA) is 82.8 Å². The standard InChI is InChI=1S/C21H25N5O2/c1-17-5-4-6-18(13-17)16-23-25-20-14-19(26-8-11-27-12-9-26)15-21(24-20)28-10-3-2-7-22/h4-6,13-16H,2-3,8-12H2,1H3,(H,24,25)/b23-16+. The van der Waals surface area contributed by atoms with Gasteiger partial charge in [-0.2, -0.15) is 15.3 Å². The maximum Gasteiger partial charge on any atom is 0.217 e. The second-order valence-electron chi connectivity index (χ2n) is 6.54. The zero-order valence-electron chi connectivity index (χ0n) is 16.1. The highest BCUT2D eigenvalue weighted by atomic mass is 16.5. The maximum absolute atomic E-state index is 8.66. The SMILES string of the molecule is Cc1cccc(/C=N/Nc2cc(N3CCOCC3)cc(OCCCC#N)n2)c1. The monoisotopic (exact) mass is 379 g/mol. The fraction of sp³-hybridized carbons (Fsp3) is 0.381. The first-order chi connectivity index (χ1) is 13.7. The average molecular weight is 379 g/mol. The Balaban J connectivity index is 1.72. The lowest BCUT2D eigenvalue weighted by molar-refractivity contribution is 0.122. The number of hydrazone groups is 1. The van der Waals surface area contributed by atoms with E-state index in [1.54, 1.807) is 6.21 Å². The van der Waals surface area contributed by atoms with Crippen molar-refractivity contribution in [2.75, 3.05) is 43.2 Å². The lowest BCUT2D eigenvalue weighted by Gasteiger charge is -2.29. The number of aryl methyl sites for hydroxylation is 1. The van der Waals surface area contributed by atoms with E-state index in [9.17, 15) is 0 Å². The van der Waals surface area contributed by atoms with Gasteiger partial charge in [0.15, 0.2) is 5.82 Å². The Labute approximate surface area is 165 Å². The Morgan fingerprint density at radius 2 is 2.18 bits per heavy atom. The van der Waals surface area contributed by atoms with Crippen LogP contribution in [0.4, 0.5) is 11.5 Å². The van der Waals surface area contributed by atoms with E-state index in [-0.39, 0.29) is 0 Å². The van der Waals surface area contributed by atoms with Gasteiger partial charge in [0, 0.05) is 37.3 Å². The van der Waals surface area contributed by atoms with E-state index < -0.39 is 0 Å². The van der Waals surface area contributed by atoms with Crippen molar-refractivity contribution in [2.45, 2.75) is 19.8 Å². The molecule has 0 radical (unpaired) electrons. The predicted molar refractivity (Wildman–Crippen MR) is 110 cm³/mol. The van der Waals surface area contributed by atoms with Gasteiger partial charge >= 0.3 is 0 Å². The van der Waals surface area contributed by atoms with Gasteiger partial charge in [0.2, 0.25) is 5.88 Å². The molecule has 1 fully saturated rings. The molecule has 0 unspecified atom stereocenters. The third-order valence-electron chi connectivity index (χ3n) is 4.28. The third kappa shape index (κ3) is 5.96. The van der Waals surface area contributed by atoms with Gasteiger partial charge in [0.05, 0.1) is 32.1 Å². The van der Waals surface area contributed by atoms with Crippen molar-refractivity contribution in [1.29, 1.82) is 5.26 Å². The van der Waals surface area contributed by atoms with E-state index in [2.05, 4.69) is 32.5 Å². The van der Waals surface area contributed by atoms with E-state index in [1.165, 1.54) is 5.56 Å². The van der Waals surface area contributed by atoms with Crippen LogP contribution in [0.3, 0.4) is 0 Å². The van der Waals surface area contributed by atoms with Crippen molar-refractivity contribution in [2.24, 2.45) is 5.10 Å². The number of nitrogens with zero attached hydrogens (tertiary/aromatic N) is 4. The van der Waals surface area contributed by atoms with Gasteiger partial charge in [-0.05, 0) is 18.9 Å². The minimum absolute atomic E-state index is 0.457. The number of hydrogen-bond donors (Lipinski definition) is 1. The molecule has 1 saturated heterocycles. The fourth-order valence-electron chi connectivity index (χ4n) is 2.88. The number of rotatable bonds is 8. The molecule has 0 amide bonds. The second-order valence-corrected chi connectivity index (χ2v) is 6.54. The summed E-state index contributed by atoms with van der Waals surface area (Å²) in [5, 5.41) is 13.0. The predicted octanol–water partition coefficient (Wildman–Crippen LogP) is 3.36. The molecule has 0 bridgehead atoms. The highest BCUT2D eigenvalue weighted by Gasteiger charge is 2.14. The van der Waals surface area contributed by atoms with Crippen molar-refractivity contribution < 1.29 is 9.47 Å². The van der Waals surface area contributed by atoms with Crippen molar-refractivity contribution in [1.82, 2.24) is 4.98 Å². The van der Waals surface area contributed by atoms with Crippen LogP contribution in [0.1, 0.15) is 24.0 Å². The molecule has 28 heavy (non-hydrogen) atoms. The number of nitrogens with one attached hydrogen (secondary N) is 1. The minimum atomic E-state index is 0.457. The molecular weight excluding hydrogens is 354 g/mol. The van der Waals surface area contributed by atoms with Gasteiger partial charge < -0.3 is 14.4 Å². The van der Waals surface area contributed by atoms with Gasteiger partial charge in [-0.25, -0.2) is 0 Å². The number of benzene rings is 1. The molecule has 0 spiro atoms. The van der Waals surface area contributed by atoms with Gasteiger partial charge in [-0.1, -0.05) is 29.8 Å². The molecule has 1 aromatic heterocycles. The smallest absolute Gasteiger partial charge is 0.217 e. The fourth-order valence-corrected chi connectivity index (χ4v) is 2.88. The Morgan fingerprint density at radius 1 is 1.32 bits per heavy atom. The van der Waals surface area contributed by atoms with Crippen molar-refractivity contribution in [3.63, 3.8) is 0 Å². The number of ether oxygens (including phenoxy) is 2. The van der Waals surface area contributed by atoms with Gasteiger partial charge in [-0.3, -0.25) is 5.43 Å². The van der Waals surface area contributed by atoms with Crippen LogP contribution in [0.2, 0.25) is 0 Å².